The number of carbonyl (C=O) groups is 2. The second kappa shape index (κ2) is 6.81. The highest BCUT2D eigenvalue weighted by Gasteiger charge is 2.32. The van der Waals surface area contributed by atoms with E-state index in [2.05, 4.69) is 10.4 Å². The van der Waals surface area contributed by atoms with E-state index in [4.69, 9.17) is 0 Å². The summed E-state index contributed by atoms with van der Waals surface area (Å²) in [7, 11) is 4.87. The predicted molar refractivity (Wildman–Crippen MR) is 91.4 cm³/mol. The molecule has 1 amide bonds. The Bertz CT molecular complexity index is 870. The summed E-state index contributed by atoms with van der Waals surface area (Å²) in [5, 5.41) is 6.37. The first kappa shape index (κ1) is 19.5. The van der Waals surface area contributed by atoms with Gasteiger partial charge in [-0.2, -0.15) is 18.3 Å². The van der Waals surface area contributed by atoms with Gasteiger partial charge in [-0.3, -0.25) is 14.3 Å². The normalized spacial score (nSPS) is 11.4. The summed E-state index contributed by atoms with van der Waals surface area (Å²) in [5.41, 5.74) is 0.352. The molecule has 1 aromatic carbocycles. The minimum absolute atomic E-state index is 0.0950. The minimum atomic E-state index is -4.56. The van der Waals surface area contributed by atoms with Crippen LogP contribution in [0.3, 0.4) is 0 Å². The van der Waals surface area contributed by atoms with Crippen molar-refractivity contribution in [2.75, 3.05) is 24.3 Å². The molecule has 9 heteroatoms. The van der Waals surface area contributed by atoms with Gasteiger partial charge in [-0.1, -0.05) is 0 Å². The van der Waals surface area contributed by atoms with E-state index in [1.54, 1.807) is 39.9 Å². The second-order valence-electron chi connectivity index (χ2n) is 6.08. The highest BCUT2D eigenvalue weighted by molar-refractivity contribution is 6.47. The fraction of sp³-hybridized carbons (Fsp3) is 0.353. The average Bonchev–Trinajstić information content (AvgIpc) is 2.78. The van der Waals surface area contributed by atoms with E-state index in [1.807, 2.05) is 0 Å². The number of ketones is 1. The van der Waals surface area contributed by atoms with Crippen molar-refractivity contribution in [3.63, 3.8) is 0 Å². The number of benzene rings is 1. The number of carbonyl (C=O) groups excluding carboxylic acids is 2. The Morgan fingerprint density at radius 1 is 1.19 bits per heavy atom. The van der Waals surface area contributed by atoms with E-state index in [1.165, 1.54) is 10.7 Å². The molecule has 0 saturated carbocycles. The summed E-state index contributed by atoms with van der Waals surface area (Å²) in [6.45, 7) is 3.22. The summed E-state index contributed by atoms with van der Waals surface area (Å²) in [6.07, 6.45) is -4.56. The Labute approximate surface area is 148 Å². The SMILES string of the molecule is Cc1nn(C)c(C)c1C(=O)C(=O)Nc1cc(C(F)(F)F)ccc1N(C)C. The lowest BCUT2D eigenvalue weighted by molar-refractivity contribution is -0.137. The largest absolute Gasteiger partial charge is 0.416 e. The lowest BCUT2D eigenvalue weighted by atomic mass is 10.1. The highest BCUT2D eigenvalue weighted by atomic mass is 19.4. The Hall–Kier alpha value is -2.84. The molecule has 0 atom stereocenters. The standard InChI is InChI=1S/C17H19F3N4O2/c1-9-14(10(2)24(5)22-9)15(25)16(26)21-12-8-11(17(18,19)20)6-7-13(12)23(3)4/h6-8H,1-5H3,(H,21,26). The van der Waals surface area contributed by atoms with Crippen molar-refractivity contribution in [1.82, 2.24) is 9.78 Å². The van der Waals surface area contributed by atoms with Gasteiger partial charge < -0.3 is 10.2 Å². The fourth-order valence-electron chi connectivity index (χ4n) is 2.60. The van der Waals surface area contributed by atoms with Crippen molar-refractivity contribution in [2.45, 2.75) is 20.0 Å². The van der Waals surface area contributed by atoms with Crippen LogP contribution in [0.15, 0.2) is 18.2 Å². The zero-order valence-corrected chi connectivity index (χ0v) is 15.0. The fourth-order valence-corrected chi connectivity index (χ4v) is 2.60. The summed E-state index contributed by atoms with van der Waals surface area (Å²) < 4.78 is 40.4. The first-order chi connectivity index (χ1) is 11.9. The summed E-state index contributed by atoms with van der Waals surface area (Å²) >= 11 is 0. The van der Waals surface area contributed by atoms with E-state index in [-0.39, 0.29) is 11.3 Å². The molecule has 0 fully saturated rings. The highest BCUT2D eigenvalue weighted by Crippen LogP contribution is 2.35. The number of halogens is 3. The van der Waals surface area contributed by atoms with E-state index in [0.29, 0.717) is 17.1 Å². The van der Waals surface area contributed by atoms with Gasteiger partial charge in [0.25, 0.3) is 11.7 Å². The van der Waals surface area contributed by atoms with Gasteiger partial charge in [0, 0.05) is 26.8 Å². The molecule has 0 aliphatic heterocycles. The van der Waals surface area contributed by atoms with Crippen molar-refractivity contribution in [3.05, 3.63) is 40.7 Å². The molecule has 1 aromatic heterocycles. The number of nitrogens with one attached hydrogen (secondary N) is 1. The Morgan fingerprint density at radius 3 is 2.27 bits per heavy atom. The first-order valence-corrected chi connectivity index (χ1v) is 7.68. The van der Waals surface area contributed by atoms with E-state index >= 15 is 0 Å². The van der Waals surface area contributed by atoms with Gasteiger partial charge in [-0.25, -0.2) is 0 Å². The molecule has 1 N–H and O–H groups in total. The molecule has 0 unspecified atom stereocenters. The maximum absolute atomic E-state index is 13.0. The third-order valence-electron chi connectivity index (χ3n) is 4.00. The lowest BCUT2D eigenvalue weighted by Gasteiger charge is -2.19. The number of anilines is 2. The third-order valence-corrected chi connectivity index (χ3v) is 4.00. The van der Waals surface area contributed by atoms with Crippen molar-refractivity contribution in [2.24, 2.45) is 7.05 Å². The van der Waals surface area contributed by atoms with Crippen LogP contribution in [0.1, 0.15) is 27.3 Å². The van der Waals surface area contributed by atoms with Gasteiger partial charge in [0.1, 0.15) is 0 Å². The number of Topliss-reactive ketones (excluding diaryl/α,β-unsaturated/α-hetero) is 1. The van der Waals surface area contributed by atoms with Crippen molar-refractivity contribution >= 4 is 23.1 Å². The molecule has 26 heavy (non-hydrogen) atoms. The molecule has 0 radical (unpaired) electrons. The second-order valence-corrected chi connectivity index (χ2v) is 6.08. The average molecular weight is 368 g/mol. The van der Waals surface area contributed by atoms with Gasteiger partial charge in [0.05, 0.1) is 28.2 Å². The van der Waals surface area contributed by atoms with Crippen LogP contribution in [-0.4, -0.2) is 35.6 Å². The van der Waals surface area contributed by atoms with Gasteiger partial charge in [-0.15, -0.1) is 0 Å². The van der Waals surface area contributed by atoms with Crippen LogP contribution in [0.4, 0.5) is 24.5 Å². The number of aromatic nitrogens is 2. The smallest absolute Gasteiger partial charge is 0.376 e. The van der Waals surface area contributed by atoms with Crippen LogP contribution in [0.2, 0.25) is 0 Å². The first-order valence-electron chi connectivity index (χ1n) is 7.68. The molecule has 2 aromatic rings. The van der Waals surface area contributed by atoms with Gasteiger partial charge in [-0.05, 0) is 32.0 Å². The molecule has 1 heterocycles. The van der Waals surface area contributed by atoms with E-state index < -0.39 is 23.4 Å². The minimum Gasteiger partial charge on any atom is -0.376 e. The maximum Gasteiger partial charge on any atom is 0.416 e. The van der Waals surface area contributed by atoms with Crippen LogP contribution in [0, 0.1) is 13.8 Å². The van der Waals surface area contributed by atoms with E-state index in [9.17, 15) is 22.8 Å². The molecule has 140 valence electrons. The van der Waals surface area contributed by atoms with Crippen LogP contribution >= 0.6 is 0 Å². The van der Waals surface area contributed by atoms with Crippen LogP contribution in [0.5, 0.6) is 0 Å². The Balaban J connectivity index is 2.40. The lowest BCUT2D eigenvalue weighted by Crippen LogP contribution is -2.25. The summed E-state index contributed by atoms with van der Waals surface area (Å²) in [5.74, 6) is -1.87. The summed E-state index contributed by atoms with van der Waals surface area (Å²) in [6, 6.07) is 2.97. The molecular formula is C17H19F3N4O2. The third kappa shape index (κ3) is 3.71. The number of aryl methyl sites for hydroxylation is 2. The molecule has 0 spiro atoms. The number of hydrogen-bond acceptors (Lipinski definition) is 4. The monoisotopic (exact) mass is 368 g/mol. The molecule has 6 nitrogen and oxygen atoms in total. The topological polar surface area (TPSA) is 67.2 Å². The zero-order valence-electron chi connectivity index (χ0n) is 15.0. The Morgan fingerprint density at radius 2 is 1.81 bits per heavy atom. The van der Waals surface area contributed by atoms with Crippen LogP contribution < -0.4 is 10.2 Å². The number of amides is 1. The molecule has 2 rings (SSSR count). The molecule has 0 saturated heterocycles. The summed E-state index contributed by atoms with van der Waals surface area (Å²) in [4.78, 5) is 26.4. The van der Waals surface area contributed by atoms with Crippen molar-refractivity contribution in [3.8, 4) is 0 Å². The van der Waals surface area contributed by atoms with Crippen molar-refractivity contribution in [1.29, 1.82) is 0 Å². The van der Waals surface area contributed by atoms with Crippen LogP contribution in [-0.2, 0) is 18.0 Å². The van der Waals surface area contributed by atoms with E-state index in [0.717, 1.165) is 12.1 Å². The molecule has 0 aliphatic rings. The number of rotatable bonds is 4. The molecular weight excluding hydrogens is 349 g/mol. The van der Waals surface area contributed by atoms with Gasteiger partial charge >= 0.3 is 6.18 Å². The maximum atomic E-state index is 13.0. The van der Waals surface area contributed by atoms with Gasteiger partial charge in [0.15, 0.2) is 0 Å². The van der Waals surface area contributed by atoms with Gasteiger partial charge in [0.2, 0.25) is 0 Å². The molecule has 0 bridgehead atoms. The predicted octanol–water partition coefficient (Wildman–Crippen LogP) is 2.94. The van der Waals surface area contributed by atoms with Crippen LogP contribution in [0.25, 0.3) is 0 Å². The zero-order chi connectivity index (χ0) is 19.8. The quantitative estimate of drug-likeness (QED) is 0.666. The number of alkyl halides is 3. The Kier molecular flexibility index (Phi) is 5.11. The number of hydrogen-bond donors (Lipinski definition) is 1. The molecule has 0 aliphatic carbocycles. The van der Waals surface area contributed by atoms with Crippen molar-refractivity contribution < 1.29 is 22.8 Å². The number of nitrogens with zero attached hydrogens (tertiary/aromatic N) is 3.